The van der Waals surface area contributed by atoms with Gasteiger partial charge in [0.25, 0.3) is 11.8 Å². The minimum absolute atomic E-state index is 0.259. The molecule has 4 aromatic rings. The lowest BCUT2D eigenvalue weighted by Gasteiger charge is -2.10. The number of amides is 2. The molecule has 2 N–H and O–H groups in total. The highest BCUT2D eigenvalue weighted by atomic mass is 35.5. The Labute approximate surface area is 176 Å². The molecule has 0 saturated heterocycles. The van der Waals surface area contributed by atoms with Gasteiger partial charge in [-0.15, -0.1) is 11.3 Å². The van der Waals surface area contributed by atoms with Crippen LogP contribution in [0, 0.1) is 0 Å². The van der Waals surface area contributed by atoms with Crippen molar-refractivity contribution < 1.29 is 9.59 Å². The largest absolute Gasteiger partial charge is 0.348 e. The Morgan fingerprint density at radius 2 is 1.90 bits per heavy atom. The lowest BCUT2D eigenvalue weighted by molar-refractivity contribution is 0.101. The van der Waals surface area contributed by atoms with Gasteiger partial charge in [0, 0.05) is 34.9 Å². The van der Waals surface area contributed by atoms with E-state index in [2.05, 4.69) is 22.1 Å². The maximum atomic E-state index is 12.7. The first-order valence-electron chi connectivity index (χ1n) is 9.10. The molecule has 4 rings (SSSR count). The van der Waals surface area contributed by atoms with Gasteiger partial charge in [-0.3, -0.25) is 9.59 Å². The van der Waals surface area contributed by atoms with Crippen molar-refractivity contribution in [3.8, 4) is 0 Å². The average Bonchev–Trinajstić information content (AvgIpc) is 3.39. The van der Waals surface area contributed by atoms with Gasteiger partial charge in [0.1, 0.15) is 0 Å². The minimum Gasteiger partial charge on any atom is -0.348 e. The van der Waals surface area contributed by atoms with Gasteiger partial charge < -0.3 is 15.2 Å². The van der Waals surface area contributed by atoms with Crippen molar-refractivity contribution in [3.63, 3.8) is 0 Å². The number of nitrogens with zero attached hydrogens (tertiary/aromatic N) is 1. The third-order valence-electron chi connectivity index (χ3n) is 4.59. The molecule has 0 unspecified atom stereocenters. The standard InChI is InChI=1S/C22H18ClN3O2S/c1-2-26-10-9-14-12-16(6-8-19(14)26)24-21(27)15-5-7-17(23)18(13-15)25-22(28)20-4-3-11-29-20/h3-13H,2H2,1H3,(H,24,27)(H,25,28). The van der Waals surface area contributed by atoms with Gasteiger partial charge in [0.2, 0.25) is 0 Å². The van der Waals surface area contributed by atoms with Crippen LogP contribution in [0.4, 0.5) is 11.4 Å². The maximum absolute atomic E-state index is 12.7. The molecule has 0 aliphatic heterocycles. The summed E-state index contributed by atoms with van der Waals surface area (Å²) in [5.41, 5.74) is 2.63. The summed E-state index contributed by atoms with van der Waals surface area (Å²) in [5.74, 6) is -0.534. The number of aryl methyl sites for hydroxylation is 1. The number of thiophene rings is 1. The molecular formula is C22H18ClN3O2S. The third-order valence-corrected chi connectivity index (χ3v) is 5.79. The Bertz CT molecular complexity index is 1200. The first-order chi connectivity index (χ1) is 14.0. The monoisotopic (exact) mass is 423 g/mol. The molecule has 2 heterocycles. The van der Waals surface area contributed by atoms with Gasteiger partial charge in [-0.2, -0.15) is 0 Å². The van der Waals surface area contributed by atoms with E-state index in [1.807, 2.05) is 35.8 Å². The lowest BCUT2D eigenvalue weighted by atomic mass is 10.1. The number of benzene rings is 2. The molecular weight excluding hydrogens is 406 g/mol. The van der Waals surface area contributed by atoms with Gasteiger partial charge in [-0.05, 0) is 60.8 Å². The Hall–Kier alpha value is -3.09. The molecule has 146 valence electrons. The fraction of sp³-hybridized carbons (Fsp3) is 0.0909. The summed E-state index contributed by atoms with van der Waals surface area (Å²) in [6, 6.07) is 16.2. The fourth-order valence-electron chi connectivity index (χ4n) is 3.11. The molecule has 29 heavy (non-hydrogen) atoms. The normalized spacial score (nSPS) is 10.8. The van der Waals surface area contributed by atoms with E-state index in [9.17, 15) is 9.59 Å². The Morgan fingerprint density at radius 3 is 2.66 bits per heavy atom. The van der Waals surface area contributed by atoms with Crippen molar-refractivity contribution in [3.05, 3.63) is 81.6 Å². The molecule has 2 aromatic carbocycles. The van der Waals surface area contributed by atoms with Crippen molar-refractivity contribution in [1.82, 2.24) is 4.57 Å². The number of hydrogen-bond donors (Lipinski definition) is 2. The van der Waals surface area contributed by atoms with Crippen LogP contribution in [0.5, 0.6) is 0 Å². The van der Waals surface area contributed by atoms with Crippen LogP contribution in [0.1, 0.15) is 27.0 Å². The van der Waals surface area contributed by atoms with Gasteiger partial charge in [0.15, 0.2) is 0 Å². The summed E-state index contributed by atoms with van der Waals surface area (Å²) in [4.78, 5) is 25.6. The highest BCUT2D eigenvalue weighted by Gasteiger charge is 2.13. The summed E-state index contributed by atoms with van der Waals surface area (Å²) in [5, 5.41) is 8.92. The van der Waals surface area contributed by atoms with Crippen molar-refractivity contribution in [2.75, 3.05) is 10.6 Å². The first kappa shape index (κ1) is 19.2. The number of fused-ring (bicyclic) bond motifs is 1. The van der Waals surface area contributed by atoms with Crippen LogP contribution < -0.4 is 10.6 Å². The van der Waals surface area contributed by atoms with Gasteiger partial charge in [-0.25, -0.2) is 0 Å². The number of anilines is 2. The Kier molecular flexibility index (Phi) is 5.38. The molecule has 2 aromatic heterocycles. The number of halogens is 1. The number of carbonyl (C=O) groups is 2. The van der Waals surface area contributed by atoms with E-state index in [0.717, 1.165) is 17.4 Å². The molecule has 0 fully saturated rings. The van der Waals surface area contributed by atoms with Crippen LogP contribution in [-0.4, -0.2) is 16.4 Å². The molecule has 5 nitrogen and oxygen atoms in total. The van der Waals surface area contributed by atoms with E-state index in [1.54, 1.807) is 30.3 Å². The minimum atomic E-state index is -0.275. The van der Waals surface area contributed by atoms with E-state index in [4.69, 9.17) is 11.6 Å². The van der Waals surface area contributed by atoms with Gasteiger partial charge in [0.05, 0.1) is 15.6 Å². The quantitative estimate of drug-likeness (QED) is 0.421. The highest BCUT2D eigenvalue weighted by molar-refractivity contribution is 7.12. The number of hydrogen-bond acceptors (Lipinski definition) is 3. The van der Waals surface area contributed by atoms with Gasteiger partial charge >= 0.3 is 0 Å². The smallest absolute Gasteiger partial charge is 0.265 e. The maximum Gasteiger partial charge on any atom is 0.265 e. The van der Waals surface area contributed by atoms with Crippen LogP contribution in [0.3, 0.4) is 0 Å². The van der Waals surface area contributed by atoms with Crippen molar-refractivity contribution >= 4 is 57.0 Å². The van der Waals surface area contributed by atoms with Crippen LogP contribution >= 0.6 is 22.9 Å². The van der Waals surface area contributed by atoms with E-state index in [1.165, 1.54) is 11.3 Å². The van der Waals surface area contributed by atoms with E-state index >= 15 is 0 Å². The van der Waals surface area contributed by atoms with Crippen LogP contribution in [0.15, 0.2) is 66.2 Å². The lowest BCUT2D eigenvalue weighted by Crippen LogP contribution is -2.14. The van der Waals surface area contributed by atoms with Crippen molar-refractivity contribution in [1.29, 1.82) is 0 Å². The summed E-state index contributed by atoms with van der Waals surface area (Å²) in [7, 11) is 0. The Morgan fingerprint density at radius 1 is 1.03 bits per heavy atom. The zero-order valence-corrected chi connectivity index (χ0v) is 17.2. The van der Waals surface area contributed by atoms with Crippen molar-refractivity contribution in [2.45, 2.75) is 13.5 Å². The predicted molar refractivity (Wildman–Crippen MR) is 119 cm³/mol. The predicted octanol–water partition coefficient (Wildman–Crippen LogP) is 5.88. The van der Waals surface area contributed by atoms with Gasteiger partial charge in [-0.1, -0.05) is 17.7 Å². The van der Waals surface area contributed by atoms with E-state index < -0.39 is 0 Å². The summed E-state index contributed by atoms with van der Waals surface area (Å²) in [6.45, 7) is 2.98. The summed E-state index contributed by atoms with van der Waals surface area (Å²) >= 11 is 7.54. The third kappa shape index (κ3) is 4.04. The first-order valence-corrected chi connectivity index (χ1v) is 10.4. The van der Waals surface area contributed by atoms with E-state index in [-0.39, 0.29) is 11.8 Å². The second-order valence-electron chi connectivity index (χ2n) is 6.46. The van der Waals surface area contributed by atoms with Crippen LogP contribution in [0.2, 0.25) is 5.02 Å². The fourth-order valence-corrected chi connectivity index (χ4v) is 3.89. The molecule has 2 amide bonds. The summed E-state index contributed by atoms with van der Waals surface area (Å²) < 4.78 is 2.14. The molecule has 0 bridgehead atoms. The SMILES string of the molecule is CCn1ccc2cc(NC(=O)c3ccc(Cl)c(NC(=O)c4cccs4)c3)ccc21. The highest BCUT2D eigenvalue weighted by Crippen LogP contribution is 2.26. The van der Waals surface area contributed by atoms with E-state index in [0.29, 0.717) is 26.8 Å². The van der Waals surface area contributed by atoms with Crippen LogP contribution in [0.25, 0.3) is 10.9 Å². The van der Waals surface area contributed by atoms with Crippen molar-refractivity contribution in [2.24, 2.45) is 0 Å². The molecule has 0 aliphatic carbocycles. The molecule has 0 spiro atoms. The topological polar surface area (TPSA) is 63.1 Å². The second-order valence-corrected chi connectivity index (χ2v) is 7.81. The number of carbonyl (C=O) groups excluding carboxylic acids is 2. The molecule has 0 radical (unpaired) electrons. The number of nitrogens with one attached hydrogen (secondary N) is 2. The zero-order chi connectivity index (χ0) is 20.4. The molecule has 0 saturated carbocycles. The Balaban J connectivity index is 1.53. The summed E-state index contributed by atoms with van der Waals surface area (Å²) in [6.07, 6.45) is 2.03. The average molecular weight is 424 g/mol. The molecule has 0 aliphatic rings. The second kappa shape index (κ2) is 8.11. The number of rotatable bonds is 5. The number of aromatic nitrogens is 1. The molecule has 0 atom stereocenters. The van der Waals surface area contributed by atoms with Crippen LogP contribution in [-0.2, 0) is 6.54 Å². The molecule has 7 heteroatoms. The zero-order valence-electron chi connectivity index (χ0n) is 15.6.